The molecule has 112 valence electrons. The van der Waals surface area contributed by atoms with Crippen LogP contribution in [-0.2, 0) is 10.0 Å². The summed E-state index contributed by atoms with van der Waals surface area (Å²) in [6.07, 6.45) is 2.44. The molecule has 0 amide bonds. The molecule has 1 atom stereocenters. The molecule has 4 nitrogen and oxygen atoms in total. The van der Waals surface area contributed by atoms with Crippen molar-refractivity contribution in [1.82, 2.24) is 9.62 Å². The highest BCUT2D eigenvalue weighted by molar-refractivity contribution is 7.89. The van der Waals surface area contributed by atoms with Crippen molar-refractivity contribution in [3.05, 3.63) is 29.8 Å². The van der Waals surface area contributed by atoms with Gasteiger partial charge in [0, 0.05) is 25.2 Å². The highest BCUT2D eigenvalue weighted by Crippen LogP contribution is 2.26. The molecule has 1 fully saturated rings. The molecule has 0 saturated carbocycles. The Balaban J connectivity index is 2.37. The summed E-state index contributed by atoms with van der Waals surface area (Å²) in [4.78, 5) is -0.457. The quantitative estimate of drug-likeness (QED) is 0.921. The zero-order valence-electron chi connectivity index (χ0n) is 11.3. The largest absolute Gasteiger partial charge is 0.318 e. The normalized spacial score (nSPS) is 21.1. The van der Waals surface area contributed by atoms with Gasteiger partial charge in [-0.3, -0.25) is 0 Å². The number of sulfonamides is 1. The van der Waals surface area contributed by atoms with Crippen molar-refractivity contribution in [2.75, 3.05) is 20.1 Å². The average Bonchev–Trinajstić information content (AvgIpc) is 2.39. The van der Waals surface area contributed by atoms with E-state index < -0.39 is 26.6 Å². The second-order valence-electron chi connectivity index (χ2n) is 4.90. The monoisotopic (exact) mass is 304 g/mol. The van der Waals surface area contributed by atoms with E-state index in [9.17, 15) is 17.2 Å². The topological polar surface area (TPSA) is 49.4 Å². The van der Waals surface area contributed by atoms with Gasteiger partial charge in [0.15, 0.2) is 0 Å². The lowest BCUT2D eigenvalue weighted by atomic mass is 10.1. The van der Waals surface area contributed by atoms with Gasteiger partial charge in [0.25, 0.3) is 0 Å². The number of likely N-dealkylation sites (N-methyl/N-ethyl adjacent to an activating group) is 1. The number of benzene rings is 1. The van der Waals surface area contributed by atoms with E-state index in [0.29, 0.717) is 19.2 Å². The zero-order valence-corrected chi connectivity index (χ0v) is 12.1. The molecular formula is C13H18F2N2O2S. The van der Waals surface area contributed by atoms with Crippen LogP contribution in [0.3, 0.4) is 0 Å². The maximum atomic E-state index is 13.8. The summed E-state index contributed by atoms with van der Waals surface area (Å²) >= 11 is 0. The Morgan fingerprint density at radius 3 is 2.75 bits per heavy atom. The van der Waals surface area contributed by atoms with Crippen LogP contribution in [0.5, 0.6) is 0 Å². The Hall–Kier alpha value is -1.05. The Morgan fingerprint density at radius 1 is 1.35 bits per heavy atom. The number of nitrogens with zero attached hydrogens (tertiary/aromatic N) is 1. The van der Waals surface area contributed by atoms with E-state index in [2.05, 4.69) is 5.32 Å². The molecule has 1 aliphatic rings. The average molecular weight is 304 g/mol. The first-order valence-electron chi connectivity index (χ1n) is 6.58. The van der Waals surface area contributed by atoms with Crippen molar-refractivity contribution in [1.29, 1.82) is 0 Å². The van der Waals surface area contributed by atoms with Crippen molar-refractivity contribution >= 4 is 10.0 Å². The van der Waals surface area contributed by atoms with Crippen LogP contribution in [0.15, 0.2) is 23.1 Å². The number of piperidine rings is 1. The lowest BCUT2D eigenvalue weighted by Crippen LogP contribution is -2.48. The van der Waals surface area contributed by atoms with Crippen LogP contribution in [0.2, 0.25) is 0 Å². The molecule has 1 aliphatic heterocycles. The van der Waals surface area contributed by atoms with Gasteiger partial charge < -0.3 is 5.32 Å². The maximum absolute atomic E-state index is 13.8. The summed E-state index contributed by atoms with van der Waals surface area (Å²) in [5.74, 6) is -1.83. The van der Waals surface area contributed by atoms with E-state index in [1.165, 1.54) is 4.31 Å². The lowest BCUT2D eigenvalue weighted by Gasteiger charge is -2.34. The van der Waals surface area contributed by atoms with Crippen LogP contribution >= 0.6 is 0 Å². The van der Waals surface area contributed by atoms with Crippen LogP contribution < -0.4 is 5.32 Å². The number of rotatable bonds is 4. The standard InChI is InChI=1S/C13H18F2N2O2S/c1-16-9-11-4-2-3-7-17(11)20(18,19)13-6-5-10(14)8-12(13)15/h5-6,8,11,16H,2-4,7,9H2,1H3. The Bertz CT molecular complexity index is 576. The molecule has 1 unspecified atom stereocenters. The third kappa shape index (κ3) is 2.99. The molecule has 1 heterocycles. The molecule has 0 bridgehead atoms. The van der Waals surface area contributed by atoms with Crippen LogP contribution in [0, 0.1) is 11.6 Å². The van der Waals surface area contributed by atoms with E-state index in [1.54, 1.807) is 7.05 Å². The minimum absolute atomic E-state index is 0.191. The summed E-state index contributed by atoms with van der Waals surface area (Å²) in [5, 5.41) is 2.95. The van der Waals surface area contributed by atoms with Gasteiger partial charge in [-0.25, -0.2) is 17.2 Å². The minimum Gasteiger partial charge on any atom is -0.318 e. The summed E-state index contributed by atoms with van der Waals surface area (Å²) < 4.78 is 53.1. The Morgan fingerprint density at radius 2 is 2.10 bits per heavy atom. The van der Waals surface area contributed by atoms with Gasteiger partial charge in [-0.05, 0) is 32.0 Å². The highest BCUT2D eigenvalue weighted by Gasteiger charge is 2.34. The highest BCUT2D eigenvalue weighted by atomic mass is 32.2. The number of halogens is 2. The molecule has 1 N–H and O–H groups in total. The second-order valence-corrected chi connectivity index (χ2v) is 6.76. The van der Waals surface area contributed by atoms with Gasteiger partial charge in [-0.2, -0.15) is 4.31 Å². The summed E-state index contributed by atoms with van der Waals surface area (Å²) in [6, 6.07) is 2.37. The molecule has 0 aromatic heterocycles. The number of hydrogen-bond donors (Lipinski definition) is 1. The van der Waals surface area contributed by atoms with Gasteiger partial charge in [-0.1, -0.05) is 6.42 Å². The van der Waals surface area contributed by atoms with E-state index in [-0.39, 0.29) is 6.04 Å². The first-order valence-corrected chi connectivity index (χ1v) is 8.02. The minimum atomic E-state index is -3.93. The van der Waals surface area contributed by atoms with Crippen LogP contribution in [0.1, 0.15) is 19.3 Å². The van der Waals surface area contributed by atoms with Crippen molar-refractivity contribution in [3.8, 4) is 0 Å². The van der Waals surface area contributed by atoms with Gasteiger partial charge >= 0.3 is 0 Å². The first-order chi connectivity index (χ1) is 9.46. The molecule has 0 radical (unpaired) electrons. The maximum Gasteiger partial charge on any atom is 0.246 e. The van der Waals surface area contributed by atoms with E-state index >= 15 is 0 Å². The lowest BCUT2D eigenvalue weighted by molar-refractivity contribution is 0.248. The van der Waals surface area contributed by atoms with Gasteiger partial charge in [0.1, 0.15) is 16.5 Å². The smallest absolute Gasteiger partial charge is 0.246 e. The Labute approximate surface area is 117 Å². The summed E-state index contributed by atoms with van der Waals surface area (Å²) in [7, 11) is -2.18. The Kier molecular flexibility index (Phi) is 4.72. The fraction of sp³-hybridized carbons (Fsp3) is 0.538. The SMILES string of the molecule is CNCC1CCCCN1S(=O)(=O)c1ccc(F)cc1F. The third-order valence-corrected chi connectivity index (χ3v) is 5.48. The van der Waals surface area contributed by atoms with E-state index in [0.717, 1.165) is 31.4 Å². The van der Waals surface area contributed by atoms with E-state index in [4.69, 9.17) is 0 Å². The predicted molar refractivity (Wildman–Crippen MR) is 71.8 cm³/mol. The summed E-state index contributed by atoms with van der Waals surface area (Å²) in [6.45, 7) is 0.882. The molecule has 1 saturated heterocycles. The van der Waals surface area contributed by atoms with Crippen LogP contribution in [-0.4, -0.2) is 38.9 Å². The first kappa shape index (κ1) is 15.3. The number of hydrogen-bond acceptors (Lipinski definition) is 3. The fourth-order valence-electron chi connectivity index (χ4n) is 2.54. The van der Waals surface area contributed by atoms with Gasteiger partial charge in [-0.15, -0.1) is 0 Å². The van der Waals surface area contributed by atoms with Crippen LogP contribution in [0.25, 0.3) is 0 Å². The molecule has 2 rings (SSSR count). The second kappa shape index (κ2) is 6.15. The van der Waals surface area contributed by atoms with Crippen LogP contribution in [0.4, 0.5) is 8.78 Å². The van der Waals surface area contributed by atoms with E-state index in [1.807, 2.05) is 0 Å². The van der Waals surface area contributed by atoms with Crippen molar-refractivity contribution in [2.45, 2.75) is 30.2 Å². The molecular weight excluding hydrogens is 286 g/mol. The predicted octanol–water partition coefficient (Wildman–Crippen LogP) is 1.73. The molecule has 1 aromatic rings. The zero-order chi connectivity index (χ0) is 14.8. The third-order valence-electron chi connectivity index (χ3n) is 3.49. The summed E-state index contributed by atoms with van der Waals surface area (Å²) in [5.41, 5.74) is 0. The molecule has 20 heavy (non-hydrogen) atoms. The van der Waals surface area contributed by atoms with Crippen molar-refractivity contribution in [3.63, 3.8) is 0 Å². The molecule has 1 aromatic carbocycles. The molecule has 7 heteroatoms. The van der Waals surface area contributed by atoms with Gasteiger partial charge in [0.05, 0.1) is 0 Å². The molecule has 0 aliphatic carbocycles. The van der Waals surface area contributed by atoms with Crippen molar-refractivity contribution < 1.29 is 17.2 Å². The van der Waals surface area contributed by atoms with Gasteiger partial charge in [0.2, 0.25) is 10.0 Å². The molecule has 0 spiro atoms. The van der Waals surface area contributed by atoms with Crippen molar-refractivity contribution in [2.24, 2.45) is 0 Å². The fourth-order valence-corrected chi connectivity index (χ4v) is 4.28. The number of nitrogens with one attached hydrogen (secondary N) is 1.